The summed E-state index contributed by atoms with van der Waals surface area (Å²) in [6, 6.07) is 23.4. The highest BCUT2D eigenvalue weighted by Crippen LogP contribution is 2.30. The minimum Gasteiger partial charge on any atom is -0.355 e. The van der Waals surface area contributed by atoms with Gasteiger partial charge in [0, 0.05) is 84.1 Å². The summed E-state index contributed by atoms with van der Waals surface area (Å²) < 4.78 is 0. The van der Waals surface area contributed by atoms with Crippen LogP contribution in [0.4, 0.5) is 17.1 Å². The number of H-pyrrole nitrogens is 1. The average Bonchev–Trinajstić information content (AvgIpc) is 3.03. The molecule has 0 bridgehead atoms. The number of carbonyl (C=O) groups excluding carboxylic acids is 2. The number of hydrogen-bond donors (Lipinski definition) is 4. The van der Waals surface area contributed by atoms with Gasteiger partial charge < -0.3 is 25.8 Å². The van der Waals surface area contributed by atoms with Gasteiger partial charge in [0.05, 0.1) is 5.69 Å². The van der Waals surface area contributed by atoms with Gasteiger partial charge in [0.2, 0.25) is 0 Å². The van der Waals surface area contributed by atoms with Crippen molar-refractivity contribution in [2.75, 3.05) is 56.9 Å². The molecule has 0 spiro atoms. The molecule has 0 atom stereocenters. The van der Waals surface area contributed by atoms with Crippen LogP contribution >= 0.6 is 0 Å². The number of hydrogen-bond acceptors (Lipinski definition) is 7. The quantitative estimate of drug-likeness (QED) is 0.206. The lowest BCUT2D eigenvalue weighted by molar-refractivity contribution is 0.0940. The summed E-state index contributed by atoms with van der Waals surface area (Å²) in [5.74, 6) is -0.389. The molecule has 0 unspecified atom stereocenters. The largest absolute Gasteiger partial charge is 0.355 e. The van der Waals surface area contributed by atoms with E-state index in [0.717, 1.165) is 49.5 Å². The second-order valence-corrected chi connectivity index (χ2v) is 10.7. The highest BCUT2D eigenvalue weighted by molar-refractivity contribution is 6.12. The van der Waals surface area contributed by atoms with Gasteiger partial charge in [-0.25, -0.2) is 4.98 Å². The van der Waals surface area contributed by atoms with E-state index in [1.807, 2.05) is 48.5 Å². The lowest BCUT2D eigenvalue weighted by Gasteiger charge is -2.32. The maximum atomic E-state index is 13.0. The van der Waals surface area contributed by atoms with Crippen molar-refractivity contribution < 1.29 is 9.59 Å². The molecule has 3 heterocycles. The fourth-order valence-electron chi connectivity index (χ4n) is 5.29. The number of piperazine rings is 1. The first-order chi connectivity index (χ1) is 20.9. The highest BCUT2D eigenvalue weighted by atomic mass is 16.2. The van der Waals surface area contributed by atoms with E-state index in [2.05, 4.69) is 42.8 Å². The van der Waals surface area contributed by atoms with E-state index in [1.165, 1.54) is 0 Å². The fraction of sp³-hybridized carbons (Fsp3) is 0.212. The molecule has 0 radical (unpaired) electrons. The van der Waals surface area contributed by atoms with Gasteiger partial charge in [-0.05, 0) is 61.6 Å². The van der Waals surface area contributed by atoms with Gasteiger partial charge in [0.1, 0.15) is 5.65 Å². The van der Waals surface area contributed by atoms with Crippen LogP contribution in [0.3, 0.4) is 0 Å². The Morgan fingerprint density at radius 1 is 0.837 bits per heavy atom. The number of carbonyl (C=O) groups is 2. The van der Waals surface area contributed by atoms with Crippen LogP contribution in [0.2, 0.25) is 0 Å². The zero-order valence-electron chi connectivity index (χ0n) is 23.9. The van der Waals surface area contributed by atoms with E-state index in [4.69, 9.17) is 0 Å². The Morgan fingerprint density at radius 2 is 1.58 bits per heavy atom. The third-order valence-electron chi connectivity index (χ3n) is 7.75. The van der Waals surface area contributed by atoms with Crippen LogP contribution in [0.1, 0.15) is 20.7 Å². The Kier molecular flexibility index (Phi) is 8.12. The van der Waals surface area contributed by atoms with Crippen molar-refractivity contribution in [3.63, 3.8) is 0 Å². The molecule has 1 aliphatic heterocycles. The molecule has 6 rings (SSSR count). The molecule has 1 fully saturated rings. The molecule has 5 aromatic rings. The lowest BCUT2D eigenvalue weighted by Crippen LogP contribution is -2.46. The van der Waals surface area contributed by atoms with Crippen LogP contribution in [0.25, 0.3) is 21.8 Å². The Hall–Kier alpha value is -5.06. The van der Waals surface area contributed by atoms with Gasteiger partial charge in [-0.2, -0.15) is 0 Å². The summed E-state index contributed by atoms with van der Waals surface area (Å²) in [6.45, 7) is 5.37. The van der Waals surface area contributed by atoms with Gasteiger partial charge in [-0.15, -0.1) is 0 Å². The summed E-state index contributed by atoms with van der Waals surface area (Å²) in [5.41, 5.74) is 3.36. The number of nitrogens with one attached hydrogen (secondary N) is 4. The minimum atomic E-state index is -0.308. The Balaban J connectivity index is 1.19. The van der Waals surface area contributed by atoms with Crippen LogP contribution < -0.4 is 21.5 Å². The first-order valence-electron chi connectivity index (χ1n) is 14.3. The summed E-state index contributed by atoms with van der Waals surface area (Å²) in [4.78, 5) is 50.3. The van der Waals surface area contributed by atoms with E-state index in [1.54, 1.807) is 36.5 Å². The van der Waals surface area contributed by atoms with Crippen LogP contribution in [0.5, 0.6) is 0 Å². The molecule has 0 saturated carbocycles. The Bertz CT molecular complexity index is 1830. The highest BCUT2D eigenvalue weighted by Gasteiger charge is 2.16. The minimum absolute atomic E-state index is 0.181. The predicted molar refractivity (Wildman–Crippen MR) is 170 cm³/mol. The van der Waals surface area contributed by atoms with Gasteiger partial charge in [-0.1, -0.05) is 24.3 Å². The predicted octanol–water partition coefficient (Wildman–Crippen LogP) is 4.05. The van der Waals surface area contributed by atoms with Crippen LogP contribution in [-0.4, -0.2) is 77.9 Å². The molecule has 43 heavy (non-hydrogen) atoms. The van der Waals surface area contributed by atoms with E-state index < -0.39 is 0 Å². The number of pyridine rings is 2. The lowest BCUT2D eigenvalue weighted by atomic mass is 10.0. The second-order valence-electron chi connectivity index (χ2n) is 10.7. The molecule has 218 valence electrons. The number of anilines is 3. The van der Waals surface area contributed by atoms with Crippen molar-refractivity contribution in [1.82, 2.24) is 25.1 Å². The monoisotopic (exact) mass is 575 g/mol. The number of aromatic nitrogens is 2. The van der Waals surface area contributed by atoms with Crippen LogP contribution in [-0.2, 0) is 0 Å². The van der Waals surface area contributed by atoms with E-state index in [-0.39, 0.29) is 17.4 Å². The molecule has 2 aromatic heterocycles. The molecule has 1 aliphatic rings. The summed E-state index contributed by atoms with van der Waals surface area (Å²) >= 11 is 0. The molecule has 10 nitrogen and oxygen atoms in total. The Labute approximate surface area is 248 Å². The van der Waals surface area contributed by atoms with Crippen molar-refractivity contribution >= 4 is 50.7 Å². The zero-order valence-corrected chi connectivity index (χ0v) is 23.9. The van der Waals surface area contributed by atoms with Crippen molar-refractivity contribution in [3.8, 4) is 0 Å². The SMILES string of the molecule is CN1CCN(CCNC(=O)c2ccc3c(c2)c(=O)[nH]c2nccc(Nc4ccc(NC(=O)c5ccccc5)cc4)c23)CC1. The maximum absolute atomic E-state index is 13.0. The van der Waals surface area contributed by atoms with E-state index in [9.17, 15) is 14.4 Å². The van der Waals surface area contributed by atoms with Crippen molar-refractivity contribution in [1.29, 1.82) is 0 Å². The maximum Gasteiger partial charge on any atom is 0.257 e. The van der Waals surface area contributed by atoms with Gasteiger partial charge in [0.25, 0.3) is 17.4 Å². The smallest absolute Gasteiger partial charge is 0.257 e. The second kappa shape index (κ2) is 12.4. The number of amides is 2. The third-order valence-corrected chi connectivity index (χ3v) is 7.75. The molecule has 10 heteroatoms. The van der Waals surface area contributed by atoms with Crippen LogP contribution in [0.15, 0.2) is 89.9 Å². The van der Waals surface area contributed by atoms with Gasteiger partial charge in [0.15, 0.2) is 0 Å². The molecule has 0 aliphatic carbocycles. The average molecular weight is 576 g/mol. The third kappa shape index (κ3) is 6.40. The molecule has 1 saturated heterocycles. The Morgan fingerprint density at radius 3 is 2.35 bits per heavy atom. The molecule has 3 aromatic carbocycles. The molecular formula is C33H33N7O3. The number of likely N-dealkylation sites (N-methyl/N-ethyl adjacent to an activating group) is 1. The van der Waals surface area contributed by atoms with Crippen LogP contribution in [0, 0.1) is 0 Å². The first-order valence-corrected chi connectivity index (χ1v) is 14.3. The van der Waals surface area contributed by atoms with Crippen molar-refractivity contribution in [2.24, 2.45) is 0 Å². The molecule has 4 N–H and O–H groups in total. The van der Waals surface area contributed by atoms with Gasteiger partial charge in [-0.3, -0.25) is 19.3 Å². The zero-order chi connectivity index (χ0) is 29.8. The normalized spacial score (nSPS) is 14.1. The van der Waals surface area contributed by atoms with Gasteiger partial charge >= 0.3 is 0 Å². The summed E-state index contributed by atoms with van der Waals surface area (Å²) in [7, 11) is 2.12. The molecular weight excluding hydrogens is 542 g/mol. The molecule has 2 amide bonds. The van der Waals surface area contributed by atoms with E-state index in [0.29, 0.717) is 39.8 Å². The number of fused-ring (bicyclic) bond motifs is 3. The standard InChI is InChI=1S/C33H33N7O3/c1-39-17-19-40(20-18-39)16-15-35-31(41)23-7-12-26-27(21-23)33(43)38-30-29(26)28(13-14-34-30)36-24-8-10-25(11-9-24)37-32(42)22-5-3-2-4-6-22/h2-14,21H,15-20H2,1H3,(H,35,41)(H,37,42)(H2,34,36,38,43). The number of nitrogens with zero attached hydrogens (tertiary/aromatic N) is 3. The number of benzene rings is 3. The van der Waals surface area contributed by atoms with Crippen molar-refractivity contribution in [2.45, 2.75) is 0 Å². The summed E-state index contributed by atoms with van der Waals surface area (Å²) in [6.07, 6.45) is 1.63. The fourth-order valence-corrected chi connectivity index (χ4v) is 5.29. The number of rotatable bonds is 8. The first kappa shape index (κ1) is 28.1. The van der Waals surface area contributed by atoms with Crippen molar-refractivity contribution in [3.05, 3.63) is 107 Å². The number of aromatic amines is 1. The summed E-state index contributed by atoms with van der Waals surface area (Å²) in [5, 5.41) is 11.1. The van der Waals surface area contributed by atoms with E-state index >= 15 is 0 Å². The topological polar surface area (TPSA) is 122 Å².